The molecule has 1 N–H and O–H groups in total. The molecule has 0 spiro atoms. The molecule has 0 heterocycles. The molecule has 0 saturated heterocycles. The number of sulfonamides is 1. The molecule has 0 aliphatic carbocycles. The fourth-order valence-corrected chi connectivity index (χ4v) is 6.39. The topological polar surface area (TPSA) is 96.0 Å². The van der Waals surface area contributed by atoms with E-state index < -0.39 is 28.5 Å². The highest BCUT2D eigenvalue weighted by Gasteiger charge is 2.35. The average molecular weight is 628 g/mol. The number of anilines is 1. The number of hydrogen-bond donors (Lipinski definition) is 1. The quantitative estimate of drug-likeness (QED) is 0.196. The summed E-state index contributed by atoms with van der Waals surface area (Å²) in [6.07, 6.45) is 0.257. The van der Waals surface area contributed by atoms with E-state index in [4.69, 9.17) is 4.74 Å². The van der Waals surface area contributed by atoms with E-state index in [9.17, 15) is 18.0 Å². The number of benzene rings is 4. The van der Waals surface area contributed by atoms with E-state index in [1.54, 1.807) is 42.5 Å². The lowest BCUT2D eigenvalue weighted by Gasteiger charge is -2.34. The summed E-state index contributed by atoms with van der Waals surface area (Å²) in [5.41, 5.74) is 2.97. The lowest BCUT2D eigenvalue weighted by Crippen LogP contribution is -2.53. The van der Waals surface area contributed by atoms with Crippen molar-refractivity contribution in [3.8, 4) is 5.75 Å². The maximum Gasteiger partial charge on any atom is 0.264 e. The highest BCUT2D eigenvalue weighted by Crippen LogP contribution is 2.28. The number of nitrogens with zero attached hydrogens (tertiary/aromatic N) is 2. The maximum absolute atomic E-state index is 14.6. The molecule has 0 aliphatic rings. The number of methoxy groups -OCH3 is 1. The van der Waals surface area contributed by atoms with Crippen molar-refractivity contribution in [2.24, 2.45) is 5.92 Å². The van der Waals surface area contributed by atoms with Gasteiger partial charge in [0.1, 0.15) is 18.3 Å². The Morgan fingerprint density at radius 1 is 0.844 bits per heavy atom. The predicted octanol–water partition coefficient (Wildman–Crippen LogP) is 5.61. The molecule has 0 aromatic heterocycles. The van der Waals surface area contributed by atoms with Gasteiger partial charge in [0.25, 0.3) is 10.0 Å². The summed E-state index contributed by atoms with van der Waals surface area (Å²) >= 11 is 0. The summed E-state index contributed by atoms with van der Waals surface area (Å²) in [6, 6.07) is 30.9. The van der Waals surface area contributed by atoms with Crippen molar-refractivity contribution in [3.05, 3.63) is 126 Å². The number of aryl methyl sites for hydroxylation is 1. The van der Waals surface area contributed by atoms with E-state index >= 15 is 0 Å². The summed E-state index contributed by atoms with van der Waals surface area (Å²) < 4.78 is 34.7. The third kappa shape index (κ3) is 8.73. The van der Waals surface area contributed by atoms with Crippen LogP contribution in [-0.4, -0.2) is 51.4 Å². The standard InChI is InChI=1S/C36H41N3O5S/c1-27(2)24-37-36(41)34(22-29-15-7-5-8-16-29)38(25-30-17-12-11-14-28(30)3)35(40)26-39(31-18-13-19-32(23-31)44-4)45(42,43)33-20-9-6-10-21-33/h5-21,23,27,34H,22,24-26H2,1-4H3,(H,37,41). The van der Waals surface area contributed by atoms with Crippen LogP contribution in [0.4, 0.5) is 5.69 Å². The zero-order valence-corrected chi connectivity index (χ0v) is 27.0. The van der Waals surface area contributed by atoms with Crippen molar-refractivity contribution < 1.29 is 22.7 Å². The van der Waals surface area contributed by atoms with E-state index in [0.29, 0.717) is 12.3 Å². The lowest BCUT2D eigenvalue weighted by molar-refractivity contribution is -0.140. The molecule has 4 aromatic carbocycles. The molecular weight excluding hydrogens is 586 g/mol. The van der Waals surface area contributed by atoms with Crippen LogP contribution in [0, 0.1) is 12.8 Å². The van der Waals surface area contributed by atoms with E-state index in [1.807, 2.05) is 75.4 Å². The molecule has 8 nitrogen and oxygen atoms in total. The molecular formula is C36H41N3O5S. The zero-order valence-electron chi connectivity index (χ0n) is 26.2. The Morgan fingerprint density at radius 3 is 2.13 bits per heavy atom. The Kier molecular flexibility index (Phi) is 11.4. The van der Waals surface area contributed by atoms with Gasteiger partial charge in [-0.3, -0.25) is 13.9 Å². The van der Waals surface area contributed by atoms with Crippen LogP contribution in [-0.2, 0) is 32.6 Å². The number of hydrogen-bond acceptors (Lipinski definition) is 5. The summed E-state index contributed by atoms with van der Waals surface area (Å²) in [5, 5.41) is 3.01. The first kappa shape index (κ1) is 33.3. The first-order chi connectivity index (χ1) is 21.6. The normalized spacial score (nSPS) is 11.9. The van der Waals surface area contributed by atoms with Crippen LogP contribution in [0.3, 0.4) is 0 Å². The van der Waals surface area contributed by atoms with Gasteiger partial charge in [0.15, 0.2) is 0 Å². The van der Waals surface area contributed by atoms with Gasteiger partial charge in [-0.15, -0.1) is 0 Å². The van der Waals surface area contributed by atoms with Gasteiger partial charge in [0.2, 0.25) is 11.8 Å². The van der Waals surface area contributed by atoms with Crippen LogP contribution in [0.5, 0.6) is 5.75 Å². The second-order valence-electron chi connectivity index (χ2n) is 11.3. The number of carbonyl (C=O) groups is 2. The highest BCUT2D eigenvalue weighted by molar-refractivity contribution is 7.92. The molecule has 0 radical (unpaired) electrons. The van der Waals surface area contributed by atoms with Crippen molar-refractivity contribution >= 4 is 27.5 Å². The van der Waals surface area contributed by atoms with Gasteiger partial charge in [-0.25, -0.2) is 8.42 Å². The van der Waals surface area contributed by atoms with Gasteiger partial charge in [0, 0.05) is 25.6 Å². The van der Waals surface area contributed by atoms with Gasteiger partial charge in [0.05, 0.1) is 17.7 Å². The molecule has 45 heavy (non-hydrogen) atoms. The largest absolute Gasteiger partial charge is 0.497 e. The molecule has 9 heteroatoms. The average Bonchev–Trinajstić information content (AvgIpc) is 3.05. The third-order valence-electron chi connectivity index (χ3n) is 7.51. The molecule has 1 unspecified atom stereocenters. The van der Waals surface area contributed by atoms with Gasteiger partial charge >= 0.3 is 0 Å². The van der Waals surface area contributed by atoms with Gasteiger partial charge in [-0.2, -0.15) is 0 Å². The Labute approximate surface area is 266 Å². The van der Waals surface area contributed by atoms with Crippen molar-refractivity contribution in [2.75, 3.05) is 24.5 Å². The number of nitrogens with one attached hydrogen (secondary N) is 1. The number of ether oxygens (including phenoxy) is 1. The predicted molar refractivity (Wildman–Crippen MR) is 177 cm³/mol. The van der Waals surface area contributed by atoms with Crippen molar-refractivity contribution in [2.45, 2.75) is 44.7 Å². The molecule has 4 aromatic rings. The summed E-state index contributed by atoms with van der Waals surface area (Å²) in [4.78, 5) is 30.0. The molecule has 0 fully saturated rings. The molecule has 0 saturated carbocycles. The van der Waals surface area contributed by atoms with Crippen LogP contribution < -0.4 is 14.4 Å². The summed E-state index contributed by atoms with van der Waals surface area (Å²) in [5.74, 6) is -0.166. The number of amides is 2. The molecule has 0 bridgehead atoms. The van der Waals surface area contributed by atoms with E-state index in [0.717, 1.165) is 21.0 Å². The first-order valence-electron chi connectivity index (χ1n) is 15.0. The minimum Gasteiger partial charge on any atom is -0.497 e. The second kappa shape index (κ2) is 15.4. The van der Waals surface area contributed by atoms with Crippen LogP contribution in [0.1, 0.15) is 30.5 Å². The van der Waals surface area contributed by atoms with Crippen molar-refractivity contribution in [3.63, 3.8) is 0 Å². The summed E-state index contributed by atoms with van der Waals surface area (Å²) in [6.45, 7) is 5.99. The van der Waals surface area contributed by atoms with Crippen LogP contribution in [0.15, 0.2) is 114 Å². The minimum atomic E-state index is -4.19. The molecule has 0 aliphatic heterocycles. The summed E-state index contributed by atoms with van der Waals surface area (Å²) in [7, 11) is -2.69. The van der Waals surface area contributed by atoms with Crippen molar-refractivity contribution in [1.82, 2.24) is 10.2 Å². The maximum atomic E-state index is 14.6. The number of carbonyl (C=O) groups excluding carboxylic acids is 2. The second-order valence-corrected chi connectivity index (χ2v) is 13.2. The van der Waals surface area contributed by atoms with E-state index in [2.05, 4.69) is 5.32 Å². The molecule has 1 atom stereocenters. The smallest absolute Gasteiger partial charge is 0.264 e. The molecule has 4 rings (SSSR count). The van der Waals surface area contributed by atoms with Gasteiger partial charge in [-0.05, 0) is 53.8 Å². The van der Waals surface area contributed by atoms with Crippen LogP contribution in [0.25, 0.3) is 0 Å². The Balaban J connectivity index is 1.81. The van der Waals surface area contributed by atoms with Crippen molar-refractivity contribution in [1.29, 1.82) is 0 Å². The van der Waals surface area contributed by atoms with E-state index in [1.165, 1.54) is 24.1 Å². The zero-order chi connectivity index (χ0) is 32.4. The highest BCUT2D eigenvalue weighted by atomic mass is 32.2. The lowest BCUT2D eigenvalue weighted by atomic mass is 10.0. The Morgan fingerprint density at radius 2 is 1.49 bits per heavy atom. The van der Waals surface area contributed by atoms with E-state index in [-0.39, 0.29) is 35.4 Å². The molecule has 2 amide bonds. The van der Waals surface area contributed by atoms with Gasteiger partial charge in [-0.1, -0.05) is 92.7 Å². The minimum absolute atomic E-state index is 0.0431. The fourth-order valence-electron chi connectivity index (χ4n) is 4.96. The van der Waals surface area contributed by atoms with Crippen LogP contribution in [0.2, 0.25) is 0 Å². The Hall–Kier alpha value is -4.63. The fraction of sp³-hybridized carbons (Fsp3) is 0.278. The van der Waals surface area contributed by atoms with Crippen LogP contribution >= 0.6 is 0 Å². The first-order valence-corrected chi connectivity index (χ1v) is 16.4. The molecule has 236 valence electrons. The number of rotatable bonds is 14. The Bertz CT molecular complexity index is 1680. The SMILES string of the molecule is COc1cccc(N(CC(=O)N(Cc2ccccc2C)C(Cc2ccccc2)C(=O)NCC(C)C)S(=O)(=O)c2ccccc2)c1. The van der Waals surface area contributed by atoms with Gasteiger partial charge < -0.3 is 15.0 Å². The monoisotopic (exact) mass is 627 g/mol. The third-order valence-corrected chi connectivity index (χ3v) is 9.30.